The molecule has 0 saturated carbocycles. The third-order valence-corrected chi connectivity index (χ3v) is 9.65. The minimum atomic E-state index is -3.83. The summed E-state index contributed by atoms with van der Waals surface area (Å²) in [6.45, 7) is 3.99. The van der Waals surface area contributed by atoms with E-state index in [4.69, 9.17) is 4.74 Å². The van der Waals surface area contributed by atoms with Gasteiger partial charge in [-0.25, -0.2) is 16.8 Å². The van der Waals surface area contributed by atoms with Crippen LogP contribution in [-0.4, -0.2) is 53.3 Å². The first-order valence-electron chi connectivity index (χ1n) is 9.51. The van der Waals surface area contributed by atoms with Crippen LogP contribution in [0.15, 0.2) is 47.4 Å². The van der Waals surface area contributed by atoms with E-state index in [9.17, 15) is 16.8 Å². The van der Waals surface area contributed by atoms with Gasteiger partial charge in [-0.2, -0.15) is 0 Å². The topological polar surface area (TPSA) is 89.5 Å². The molecule has 0 unspecified atom stereocenters. The Bertz CT molecular complexity index is 1080. The number of benzene rings is 2. The molecule has 3 rings (SSSR count). The van der Waals surface area contributed by atoms with Crippen molar-refractivity contribution in [3.05, 3.63) is 59.2 Å². The number of ether oxygens (including phenoxy) is 1. The van der Waals surface area contributed by atoms with Crippen LogP contribution < -0.4 is 10.1 Å². The van der Waals surface area contributed by atoms with Crippen LogP contribution in [0, 0.1) is 13.8 Å². The van der Waals surface area contributed by atoms with Crippen LogP contribution in [0.3, 0.4) is 0 Å². The van der Waals surface area contributed by atoms with E-state index in [1.807, 2.05) is 30.3 Å². The number of hydrogen-bond donors (Lipinski definition) is 1. The second-order valence-corrected chi connectivity index (χ2v) is 11.8. The zero-order valence-electron chi connectivity index (χ0n) is 16.9. The second-order valence-electron chi connectivity index (χ2n) is 7.54. The van der Waals surface area contributed by atoms with E-state index in [1.54, 1.807) is 26.0 Å². The summed E-state index contributed by atoms with van der Waals surface area (Å²) in [5.74, 6) is 0.0842. The van der Waals surface area contributed by atoms with Gasteiger partial charge in [0, 0.05) is 6.04 Å². The molecule has 0 aliphatic carbocycles. The third kappa shape index (κ3) is 4.82. The summed E-state index contributed by atoms with van der Waals surface area (Å²) in [6, 6.07) is 12.4. The predicted molar refractivity (Wildman–Crippen MR) is 114 cm³/mol. The van der Waals surface area contributed by atoms with Crippen LogP contribution in [-0.2, 0) is 26.1 Å². The molecular weight excluding hydrogens is 410 g/mol. The monoisotopic (exact) mass is 437 g/mol. The molecule has 0 aromatic heterocycles. The first kappa shape index (κ1) is 21.8. The van der Waals surface area contributed by atoms with Gasteiger partial charge in [-0.1, -0.05) is 30.3 Å². The SMILES string of the molecule is COc1cc(C)c(S(=O)(=O)[C@H]2CS(=O)(=O)C[C@@H]2NCCc2ccccc2)cc1C. The number of rotatable bonds is 7. The molecule has 1 fully saturated rings. The maximum absolute atomic E-state index is 13.4. The lowest BCUT2D eigenvalue weighted by Crippen LogP contribution is -2.44. The van der Waals surface area contributed by atoms with Gasteiger partial charge in [0.2, 0.25) is 0 Å². The van der Waals surface area contributed by atoms with Gasteiger partial charge in [-0.15, -0.1) is 0 Å². The van der Waals surface area contributed by atoms with Gasteiger partial charge >= 0.3 is 0 Å². The zero-order valence-corrected chi connectivity index (χ0v) is 18.5. The molecule has 1 aliphatic heterocycles. The lowest BCUT2D eigenvalue weighted by molar-refractivity contribution is 0.411. The van der Waals surface area contributed by atoms with Gasteiger partial charge in [0.25, 0.3) is 0 Å². The normalized spacial score (nSPS) is 21.2. The minimum Gasteiger partial charge on any atom is -0.496 e. The van der Waals surface area contributed by atoms with Gasteiger partial charge in [0.05, 0.1) is 28.8 Å². The molecule has 1 heterocycles. The van der Waals surface area contributed by atoms with Crippen molar-refractivity contribution in [1.29, 1.82) is 0 Å². The molecule has 0 spiro atoms. The summed E-state index contributed by atoms with van der Waals surface area (Å²) >= 11 is 0. The maximum atomic E-state index is 13.4. The van der Waals surface area contributed by atoms with E-state index in [0.29, 0.717) is 29.8 Å². The van der Waals surface area contributed by atoms with Crippen molar-refractivity contribution >= 4 is 19.7 Å². The Morgan fingerprint density at radius 3 is 2.41 bits per heavy atom. The van der Waals surface area contributed by atoms with Crippen LogP contribution >= 0.6 is 0 Å². The number of sulfone groups is 2. The summed E-state index contributed by atoms with van der Waals surface area (Å²) in [6.07, 6.45) is 0.699. The summed E-state index contributed by atoms with van der Waals surface area (Å²) in [5, 5.41) is 2.18. The molecule has 158 valence electrons. The Labute approximate surface area is 173 Å². The first-order chi connectivity index (χ1) is 13.6. The Morgan fingerprint density at radius 2 is 1.76 bits per heavy atom. The number of hydrogen-bond acceptors (Lipinski definition) is 6. The van der Waals surface area contributed by atoms with Crippen molar-refractivity contribution in [2.75, 3.05) is 25.2 Å². The van der Waals surface area contributed by atoms with Gasteiger partial charge in [-0.3, -0.25) is 0 Å². The smallest absolute Gasteiger partial charge is 0.184 e. The van der Waals surface area contributed by atoms with Crippen LogP contribution in [0.4, 0.5) is 0 Å². The van der Waals surface area contributed by atoms with Crippen molar-refractivity contribution in [3.63, 3.8) is 0 Å². The zero-order chi connectivity index (χ0) is 21.2. The standard InChI is InChI=1S/C21H27NO5S2/c1-15-12-20(16(2)11-19(15)27-3)29(25,26)21-14-28(23,24)13-18(21)22-10-9-17-7-5-4-6-8-17/h4-8,11-12,18,21-22H,9-10,13-14H2,1-3H3/t18-,21-/m0/s1. The summed E-state index contributed by atoms with van der Waals surface area (Å²) in [4.78, 5) is 0.174. The van der Waals surface area contributed by atoms with Crippen LogP contribution in [0.1, 0.15) is 16.7 Å². The van der Waals surface area contributed by atoms with Crippen molar-refractivity contribution in [2.45, 2.75) is 36.5 Å². The molecule has 29 heavy (non-hydrogen) atoms. The molecule has 1 aliphatic rings. The molecule has 6 nitrogen and oxygen atoms in total. The van der Waals surface area contributed by atoms with Crippen molar-refractivity contribution in [3.8, 4) is 5.75 Å². The van der Waals surface area contributed by atoms with Gasteiger partial charge in [0.15, 0.2) is 19.7 Å². The van der Waals surface area contributed by atoms with Crippen molar-refractivity contribution in [2.24, 2.45) is 0 Å². The highest BCUT2D eigenvalue weighted by Crippen LogP contribution is 2.31. The molecule has 0 bridgehead atoms. The third-order valence-electron chi connectivity index (χ3n) is 5.36. The van der Waals surface area contributed by atoms with E-state index in [1.165, 1.54) is 7.11 Å². The molecule has 1 N–H and O–H groups in total. The molecular formula is C21H27NO5S2. The minimum absolute atomic E-state index is 0.167. The first-order valence-corrected chi connectivity index (χ1v) is 12.9. The predicted octanol–water partition coefficient (Wildman–Crippen LogP) is 2.08. The van der Waals surface area contributed by atoms with Gasteiger partial charge in [-0.05, 0) is 55.6 Å². The Kier molecular flexibility index (Phi) is 6.36. The fourth-order valence-corrected chi connectivity index (χ4v) is 8.84. The van der Waals surface area contributed by atoms with Crippen LogP contribution in [0.5, 0.6) is 5.75 Å². The maximum Gasteiger partial charge on any atom is 0.184 e. The van der Waals surface area contributed by atoms with E-state index in [-0.39, 0.29) is 16.4 Å². The van der Waals surface area contributed by atoms with Crippen molar-refractivity contribution in [1.82, 2.24) is 5.32 Å². The molecule has 8 heteroatoms. The van der Waals surface area contributed by atoms with Crippen LogP contribution in [0.25, 0.3) is 0 Å². The van der Waals surface area contributed by atoms with Gasteiger partial charge in [0.1, 0.15) is 5.75 Å². The summed E-state index contributed by atoms with van der Waals surface area (Å²) in [7, 11) is -5.73. The molecule has 2 atom stereocenters. The second kappa shape index (κ2) is 8.45. The lowest BCUT2D eigenvalue weighted by Gasteiger charge is -2.21. The average Bonchev–Trinajstić information content (AvgIpc) is 2.99. The highest BCUT2D eigenvalue weighted by atomic mass is 32.2. The molecule has 2 aromatic carbocycles. The van der Waals surface area contributed by atoms with Crippen molar-refractivity contribution < 1.29 is 21.6 Å². The fourth-order valence-electron chi connectivity index (χ4n) is 3.81. The summed E-state index contributed by atoms with van der Waals surface area (Å²) in [5.41, 5.74) is 2.37. The van der Waals surface area contributed by atoms with E-state index < -0.39 is 31.0 Å². The lowest BCUT2D eigenvalue weighted by atomic mass is 10.1. The summed E-state index contributed by atoms with van der Waals surface area (Å²) < 4.78 is 56.6. The Balaban J connectivity index is 1.85. The highest BCUT2D eigenvalue weighted by Gasteiger charge is 2.46. The number of aryl methyl sites for hydroxylation is 2. The Hall–Kier alpha value is -1.90. The number of nitrogens with one attached hydrogen (secondary N) is 1. The largest absolute Gasteiger partial charge is 0.496 e. The molecule has 1 saturated heterocycles. The highest BCUT2D eigenvalue weighted by molar-refractivity contribution is 7.96. The van der Waals surface area contributed by atoms with E-state index in [0.717, 1.165) is 5.56 Å². The molecule has 0 radical (unpaired) electrons. The quantitative estimate of drug-likeness (QED) is 0.713. The van der Waals surface area contributed by atoms with Crippen LogP contribution in [0.2, 0.25) is 0 Å². The number of methoxy groups -OCH3 is 1. The van der Waals surface area contributed by atoms with E-state index in [2.05, 4.69) is 5.32 Å². The molecule has 0 amide bonds. The van der Waals surface area contributed by atoms with Gasteiger partial charge < -0.3 is 10.1 Å². The average molecular weight is 438 g/mol. The Morgan fingerprint density at radius 1 is 1.07 bits per heavy atom. The van der Waals surface area contributed by atoms with E-state index >= 15 is 0 Å². The fraction of sp³-hybridized carbons (Fsp3) is 0.429. The molecule has 2 aromatic rings.